The molecule has 2 aliphatic rings. The van der Waals surface area contributed by atoms with Crippen molar-refractivity contribution in [2.45, 2.75) is 45.4 Å². The molecule has 8 heteroatoms. The molecule has 3 aromatic heterocycles. The van der Waals surface area contributed by atoms with Crippen molar-refractivity contribution >= 4 is 40.6 Å². The predicted octanol–water partition coefficient (Wildman–Crippen LogP) is 5.15. The highest BCUT2D eigenvalue weighted by Gasteiger charge is 2.37. The maximum Gasteiger partial charge on any atom is 0.211 e. The van der Waals surface area contributed by atoms with Crippen molar-refractivity contribution in [2.75, 3.05) is 23.7 Å². The Hall–Kier alpha value is -2.05. The first-order valence-electron chi connectivity index (χ1n) is 10.2. The van der Waals surface area contributed by atoms with Crippen LogP contribution in [0.2, 0.25) is 10.0 Å². The SMILES string of the molecule is Cc1nc(N2CCC3(CCCC3)CC2)n2ccnc2c1-c1cnc(N)c(Cl)c1Cl. The van der Waals surface area contributed by atoms with E-state index in [2.05, 4.69) is 19.3 Å². The monoisotopic (exact) mass is 430 g/mol. The van der Waals surface area contributed by atoms with Gasteiger partial charge in [-0.15, -0.1) is 0 Å². The summed E-state index contributed by atoms with van der Waals surface area (Å²) in [4.78, 5) is 16.2. The Morgan fingerprint density at radius 1 is 1.03 bits per heavy atom. The van der Waals surface area contributed by atoms with Gasteiger partial charge in [0.1, 0.15) is 16.5 Å². The van der Waals surface area contributed by atoms with E-state index in [1.807, 2.05) is 13.1 Å². The zero-order chi connectivity index (χ0) is 20.2. The van der Waals surface area contributed by atoms with E-state index >= 15 is 0 Å². The van der Waals surface area contributed by atoms with Gasteiger partial charge in [-0.05, 0) is 38.0 Å². The molecule has 3 aromatic rings. The lowest BCUT2D eigenvalue weighted by Gasteiger charge is -2.40. The molecule has 0 amide bonds. The molecule has 0 unspecified atom stereocenters. The molecule has 0 atom stereocenters. The van der Waals surface area contributed by atoms with Crippen LogP contribution in [-0.4, -0.2) is 32.4 Å². The lowest BCUT2D eigenvalue weighted by molar-refractivity contribution is 0.225. The lowest BCUT2D eigenvalue weighted by Crippen LogP contribution is -2.40. The van der Waals surface area contributed by atoms with Crippen molar-refractivity contribution in [3.05, 3.63) is 34.3 Å². The van der Waals surface area contributed by atoms with Crippen LogP contribution in [-0.2, 0) is 0 Å². The number of rotatable bonds is 2. The minimum absolute atomic E-state index is 0.219. The number of fused-ring (bicyclic) bond motifs is 1. The maximum absolute atomic E-state index is 6.50. The van der Waals surface area contributed by atoms with Crippen LogP contribution >= 0.6 is 23.2 Å². The summed E-state index contributed by atoms with van der Waals surface area (Å²) in [5, 5.41) is 0.637. The van der Waals surface area contributed by atoms with Crippen molar-refractivity contribution in [1.29, 1.82) is 0 Å². The molecule has 6 nitrogen and oxygen atoms in total. The summed E-state index contributed by atoms with van der Waals surface area (Å²) in [5.74, 6) is 1.16. The minimum atomic E-state index is 0.219. The van der Waals surface area contributed by atoms with E-state index in [4.69, 9.17) is 33.9 Å². The standard InChI is InChI=1S/C21H24Cl2N6/c1-13-15(14-12-26-18(24)17(23)16(14)22)19-25-8-11-29(19)20(27-13)28-9-6-21(7-10-28)4-2-3-5-21/h8,11-12H,2-7,9-10H2,1H3,(H2,24,26). The Bertz CT molecular complexity index is 1080. The van der Waals surface area contributed by atoms with Crippen molar-refractivity contribution in [2.24, 2.45) is 5.41 Å². The molecule has 0 radical (unpaired) electrons. The number of aromatic nitrogens is 4. The highest BCUT2D eigenvalue weighted by molar-refractivity contribution is 6.45. The number of nitrogen functional groups attached to an aromatic ring is 1. The average Bonchev–Trinajstić information content (AvgIpc) is 3.38. The van der Waals surface area contributed by atoms with Gasteiger partial charge in [0.2, 0.25) is 5.95 Å². The van der Waals surface area contributed by atoms with Gasteiger partial charge in [0.15, 0.2) is 0 Å². The lowest BCUT2D eigenvalue weighted by atomic mass is 9.77. The smallest absolute Gasteiger partial charge is 0.211 e. The fourth-order valence-corrected chi connectivity index (χ4v) is 5.46. The number of aryl methyl sites for hydroxylation is 1. The molecule has 152 valence electrons. The molecule has 1 saturated carbocycles. The molecule has 1 aliphatic heterocycles. The average molecular weight is 431 g/mol. The highest BCUT2D eigenvalue weighted by atomic mass is 35.5. The fourth-order valence-electron chi connectivity index (χ4n) is 5.07. The fraction of sp³-hybridized carbons (Fsp3) is 0.476. The molecule has 1 aliphatic carbocycles. The zero-order valence-corrected chi connectivity index (χ0v) is 18.0. The van der Waals surface area contributed by atoms with Gasteiger partial charge in [-0.1, -0.05) is 36.0 Å². The van der Waals surface area contributed by atoms with Crippen LogP contribution in [0.25, 0.3) is 16.8 Å². The Kier molecular flexibility index (Phi) is 4.59. The molecule has 29 heavy (non-hydrogen) atoms. The Morgan fingerprint density at radius 3 is 2.48 bits per heavy atom. The molecule has 0 bridgehead atoms. The number of halogens is 2. The van der Waals surface area contributed by atoms with Gasteiger partial charge in [0.05, 0.1) is 10.7 Å². The molecule has 2 fully saturated rings. The third kappa shape index (κ3) is 3.04. The number of hydrogen-bond donors (Lipinski definition) is 1. The van der Waals surface area contributed by atoms with E-state index in [0.717, 1.165) is 35.9 Å². The van der Waals surface area contributed by atoms with E-state index in [0.29, 0.717) is 16.0 Å². The summed E-state index contributed by atoms with van der Waals surface area (Å²) in [6.07, 6.45) is 13.4. The Morgan fingerprint density at radius 2 is 1.76 bits per heavy atom. The molecule has 0 aromatic carbocycles. The number of nitrogens with two attached hydrogens (primary N) is 1. The number of piperidine rings is 1. The molecular weight excluding hydrogens is 407 g/mol. The number of hydrogen-bond acceptors (Lipinski definition) is 5. The van der Waals surface area contributed by atoms with Crippen LogP contribution in [0.1, 0.15) is 44.2 Å². The largest absolute Gasteiger partial charge is 0.382 e. The third-order valence-electron chi connectivity index (χ3n) is 6.74. The topological polar surface area (TPSA) is 72.3 Å². The number of anilines is 2. The van der Waals surface area contributed by atoms with Crippen molar-refractivity contribution in [3.8, 4) is 11.1 Å². The van der Waals surface area contributed by atoms with Crippen molar-refractivity contribution in [3.63, 3.8) is 0 Å². The van der Waals surface area contributed by atoms with Crippen molar-refractivity contribution < 1.29 is 0 Å². The molecule has 4 heterocycles. The second-order valence-corrected chi connectivity index (χ2v) is 9.13. The second-order valence-electron chi connectivity index (χ2n) is 8.37. The Balaban J connectivity index is 1.57. The summed E-state index contributed by atoms with van der Waals surface area (Å²) in [6, 6.07) is 0. The van der Waals surface area contributed by atoms with Gasteiger partial charge in [0.25, 0.3) is 0 Å². The van der Waals surface area contributed by atoms with Gasteiger partial charge >= 0.3 is 0 Å². The third-order valence-corrected chi connectivity index (χ3v) is 7.61. The van der Waals surface area contributed by atoms with Gasteiger partial charge < -0.3 is 10.6 Å². The predicted molar refractivity (Wildman–Crippen MR) is 118 cm³/mol. The molecule has 1 saturated heterocycles. The quantitative estimate of drug-likeness (QED) is 0.608. The van der Waals surface area contributed by atoms with Gasteiger partial charge in [-0.25, -0.2) is 15.0 Å². The van der Waals surface area contributed by atoms with Crippen LogP contribution in [0.4, 0.5) is 11.8 Å². The van der Waals surface area contributed by atoms with Crippen LogP contribution in [0.3, 0.4) is 0 Å². The van der Waals surface area contributed by atoms with E-state index in [1.54, 1.807) is 12.4 Å². The number of pyridine rings is 1. The van der Waals surface area contributed by atoms with Crippen LogP contribution in [0.15, 0.2) is 18.6 Å². The molecule has 2 N–H and O–H groups in total. The van der Waals surface area contributed by atoms with Crippen LogP contribution < -0.4 is 10.6 Å². The molecule has 1 spiro atoms. The number of imidazole rings is 1. The first-order chi connectivity index (χ1) is 14.0. The second kappa shape index (κ2) is 7.03. The summed E-state index contributed by atoms with van der Waals surface area (Å²) in [5.41, 5.74) is 9.55. The Labute approximate surface area is 180 Å². The molecule has 5 rings (SSSR count). The number of nitrogens with zero attached hydrogens (tertiary/aromatic N) is 5. The molecular formula is C21H24Cl2N6. The van der Waals surface area contributed by atoms with Crippen LogP contribution in [0.5, 0.6) is 0 Å². The van der Waals surface area contributed by atoms with E-state index < -0.39 is 0 Å². The highest BCUT2D eigenvalue weighted by Crippen LogP contribution is 2.47. The van der Waals surface area contributed by atoms with Crippen molar-refractivity contribution in [1.82, 2.24) is 19.4 Å². The first-order valence-corrected chi connectivity index (χ1v) is 10.9. The normalized spacial score (nSPS) is 18.8. The first kappa shape index (κ1) is 18.9. The summed E-state index contributed by atoms with van der Waals surface area (Å²) in [6.45, 7) is 4.06. The van der Waals surface area contributed by atoms with Gasteiger partial charge in [-0.2, -0.15) is 0 Å². The summed E-state index contributed by atoms with van der Waals surface area (Å²) < 4.78 is 2.05. The van der Waals surface area contributed by atoms with Gasteiger partial charge in [0, 0.05) is 42.8 Å². The van der Waals surface area contributed by atoms with Crippen LogP contribution in [0, 0.1) is 12.3 Å². The summed E-state index contributed by atoms with van der Waals surface area (Å²) in [7, 11) is 0. The van der Waals surface area contributed by atoms with E-state index in [9.17, 15) is 0 Å². The van der Waals surface area contributed by atoms with E-state index in [-0.39, 0.29) is 10.8 Å². The van der Waals surface area contributed by atoms with E-state index in [1.165, 1.54) is 38.5 Å². The maximum atomic E-state index is 6.50. The summed E-state index contributed by atoms with van der Waals surface area (Å²) >= 11 is 12.8. The zero-order valence-electron chi connectivity index (χ0n) is 16.5. The minimum Gasteiger partial charge on any atom is -0.382 e. The van der Waals surface area contributed by atoms with Gasteiger partial charge in [-0.3, -0.25) is 4.40 Å².